The minimum Gasteiger partial charge on any atom is -0.497 e. The maximum absolute atomic E-state index is 12.9. The number of halogens is 1. The fourth-order valence-electron chi connectivity index (χ4n) is 3.17. The van der Waals surface area contributed by atoms with Crippen LogP contribution in [-0.2, 0) is 10.0 Å². The van der Waals surface area contributed by atoms with E-state index in [1.807, 2.05) is 0 Å². The fourth-order valence-corrected chi connectivity index (χ4v) is 4.41. The summed E-state index contributed by atoms with van der Waals surface area (Å²) in [5.41, 5.74) is 0.594. The van der Waals surface area contributed by atoms with Gasteiger partial charge in [0, 0.05) is 18.8 Å². The van der Waals surface area contributed by atoms with Gasteiger partial charge in [-0.15, -0.1) is 0 Å². The van der Waals surface area contributed by atoms with Crippen molar-refractivity contribution >= 4 is 33.2 Å². The quantitative estimate of drug-likeness (QED) is 0.784. The minimum absolute atomic E-state index is 0.101. The third-order valence-electron chi connectivity index (χ3n) is 4.71. The van der Waals surface area contributed by atoms with E-state index in [1.165, 1.54) is 25.3 Å². The van der Waals surface area contributed by atoms with Crippen molar-refractivity contribution in [2.75, 3.05) is 24.9 Å². The summed E-state index contributed by atoms with van der Waals surface area (Å²) in [6.45, 7) is 1.38. The average molecular weight is 423 g/mol. The Labute approximate surface area is 170 Å². The summed E-state index contributed by atoms with van der Waals surface area (Å²) in [5.74, 6) is 0.396. The number of nitrogens with one attached hydrogen (secondary N) is 1. The Morgan fingerprint density at radius 2 is 1.68 bits per heavy atom. The number of methoxy groups -OCH3 is 1. The van der Waals surface area contributed by atoms with Crippen LogP contribution in [0.15, 0.2) is 47.4 Å². The summed E-state index contributed by atoms with van der Waals surface area (Å²) in [6, 6.07) is 10.6. The van der Waals surface area contributed by atoms with Crippen LogP contribution in [0.1, 0.15) is 36.0 Å². The molecule has 150 valence electrons. The number of rotatable bonds is 5. The highest BCUT2D eigenvalue weighted by Crippen LogP contribution is 2.25. The van der Waals surface area contributed by atoms with E-state index >= 15 is 0 Å². The van der Waals surface area contributed by atoms with Gasteiger partial charge in [0.25, 0.3) is 15.9 Å². The van der Waals surface area contributed by atoms with Gasteiger partial charge in [0.2, 0.25) is 0 Å². The van der Waals surface area contributed by atoms with Crippen molar-refractivity contribution in [1.29, 1.82) is 0 Å². The Morgan fingerprint density at radius 3 is 2.29 bits per heavy atom. The third kappa shape index (κ3) is 4.77. The van der Waals surface area contributed by atoms with Crippen molar-refractivity contribution in [3.05, 3.63) is 53.1 Å². The highest BCUT2D eigenvalue weighted by atomic mass is 35.5. The zero-order chi connectivity index (χ0) is 20.1. The molecular formula is C20H23ClN2O4S. The molecule has 0 aliphatic carbocycles. The average Bonchev–Trinajstić information content (AvgIpc) is 2.98. The summed E-state index contributed by atoms with van der Waals surface area (Å²) in [4.78, 5) is 14.8. The van der Waals surface area contributed by atoms with Gasteiger partial charge in [-0.2, -0.15) is 0 Å². The molecule has 0 aromatic heterocycles. The van der Waals surface area contributed by atoms with Gasteiger partial charge in [0.1, 0.15) is 5.75 Å². The predicted octanol–water partition coefficient (Wildman–Crippen LogP) is 4.17. The molecule has 1 fully saturated rings. The molecule has 6 nitrogen and oxygen atoms in total. The predicted molar refractivity (Wildman–Crippen MR) is 110 cm³/mol. The SMILES string of the molecule is COc1ccc(S(=O)(=O)Nc2ccc(Cl)c(C(=O)N3CCCCCC3)c2)cc1. The first-order valence-corrected chi connectivity index (χ1v) is 11.0. The van der Waals surface area contributed by atoms with E-state index in [0.29, 0.717) is 35.1 Å². The Bertz CT molecular complexity index is 937. The molecule has 0 unspecified atom stereocenters. The van der Waals surface area contributed by atoms with Gasteiger partial charge in [-0.25, -0.2) is 8.42 Å². The molecule has 2 aromatic rings. The van der Waals surface area contributed by atoms with Gasteiger partial charge in [0.05, 0.1) is 22.6 Å². The van der Waals surface area contributed by atoms with Crippen LogP contribution in [0.25, 0.3) is 0 Å². The second kappa shape index (κ2) is 8.84. The Balaban J connectivity index is 1.82. The lowest BCUT2D eigenvalue weighted by molar-refractivity contribution is 0.0762. The van der Waals surface area contributed by atoms with Gasteiger partial charge in [-0.1, -0.05) is 24.4 Å². The van der Waals surface area contributed by atoms with Crippen LogP contribution in [0.2, 0.25) is 5.02 Å². The summed E-state index contributed by atoms with van der Waals surface area (Å²) in [6.07, 6.45) is 4.15. The third-order valence-corrected chi connectivity index (χ3v) is 6.44. The molecule has 0 radical (unpaired) electrons. The second-order valence-electron chi connectivity index (χ2n) is 6.68. The van der Waals surface area contributed by atoms with Gasteiger partial charge in [0.15, 0.2) is 0 Å². The lowest BCUT2D eigenvalue weighted by Crippen LogP contribution is -2.32. The minimum atomic E-state index is -3.80. The van der Waals surface area contributed by atoms with Gasteiger partial charge < -0.3 is 9.64 Å². The number of carbonyl (C=O) groups is 1. The molecule has 2 aromatic carbocycles. The number of ether oxygens (including phenoxy) is 1. The van der Waals surface area contributed by atoms with E-state index in [-0.39, 0.29) is 10.8 Å². The maximum Gasteiger partial charge on any atom is 0.261 e. The van der Waals surface area contributed by atoms with Crippen LogP contribution in [0, 0.1) is 0 Å². The van der Waals surface area contributed by atoms with E-state index in [4.69, 9.17) is 16.3 Å². The molecule has 1 aliphatic heterocycles. The molecule has 3 rings (SSSR count). The van der Waals surface area contributed by atoms with Gasteiger partial charge in [-0.05, 0) is 55.3 Å². The molecule has 0 bridgehead atoms. The first-order valence-electron chi connectivity index (χ1n) is 9.16. The number of nitrogens with zero attached hydrogens (tertiary/aromatic N) is 1. The van der Waals surface area contributed by atoms with Crippen molar-refractivity contribution < 1.29 is 17.9 Å². The largest absolute Gasteiger partial charge is 0.497 e. The molecule has 0 atom stereocenters. The van der Waals surface area contributed by atoms with Crippen LogP contribution in [-0.4, -0.2) is 39.4 Å². The molecule has 0 saturated carbocycles. The van der Waals surface area contributed by atoms with Crippen molar-refractivity contribution in [2.45, 2.75) is 30.6 Å². The highest BCUT2D eigenvalue weighted by Gasteiger charge is 2.21. The first kappa shape index (κ1) is 20.5. The Kier molecular flexibility index (Phi) is 6.46. The van der Waals surface area contributed by atoms with Crippen molar-refractivity contribution in [1.82, 2.24) is 4.90 Å². The molecule has 1 amide bonds. The van der Waals surface area contributed by atoms with Crippen LogP contribution in [0.5, 0.6) is 5.75 Å². The molecule has 8 heteroatoms. The Hall–Kier alpha value is -2.25. The molecule has 1 saturated heterocycles. The molecule has 0 spiro atoms. The smallest absolute Gasteiger partial charge is 0.261 e. The zero-order valence-electron chi connectivity index (χ0n) is 15.7. The monoisotopic (exact) mass is 422 g/mol. The molecule has 1 aliphatic rings. The number of sulfonamides is 1. The summed E-state index contributed by atoms with van der Waals surface area (Å²) >= 11 is 6.23. The number of amides is 1. The maximum atomic E-state index is 12.9. The van der Waals surface area contributed by atoms with Crippen molar-refractivity contribution in [3.8, 4) is 5.75 Å². The number of hydrogen-bond donors (Lipinski definition) is 1. The fraction of sp³-hybridized carbons (Fsp3) is 0.350. The molecule has 1 heterocycles. The van der Waals surface area contributed by atoms with Crippen molar-refractivity contribution in [3.63, 3.8) is 0 Å². The Morgan fingerprint density at radius 1 is 1.04 bits per heavy atom. The topological polar surface area (TPSA) is 75.7 Å². The lowest BCUT2D eigenvalue weighted by Gasteiger charge is -2.21. The first-order chi connectivity index (χ1) is 13.4. The van der Waals surface area contributed by atoms with E-state index in [0.717, 1.165) is 25.7 Å². The van der Waals surface area contributed by atoms with E-state index < -0.39 is 10.0 Å². The summed E-state index contributed by atoms with van der Waals surface area (Å²) in [5, 5.41) is 0.307. The standard InChI is InChI=1S/C20H23ClN2O4S/c1-27-16-7-9-17(10-8-16)28(25,26)22-15-6-11-19(21)18(14-15)20(24)23-12-4-2-3-5-13-23/h6-11,14,22H,2-5,12-13H2,1H3. The molecule has 28 heavy (non-hydrogen) atoms. The number of hydrogen-bond acceptors (Lipinski definition) is 4. The normalized spacial score (nSPS) is 15.0. The number of carbonyl (C=O) groups excluding carboxylic acids is 1. The molecule has 1 N–H and O–H groups in total. The molecular weight excluding hydrogens is 400 g/mol. The summed E-state index contributed by atoms with van der Waals surface area (Å²) in [7, 11) is -2.29. The second-order valence-corrected chi connectivity index (χ2v) is 8.77. The van der Waals surface area contributed by atoms with Crippen LogP contribution in [0.4, 0.5) is 5.69 Å². The van der Waals surface area contributed by atoms with E-state index in [9.17, 15) is 13.2 Å². The highest BCUT2D eigenvalue weighted by molar-refractivity contribution is 7.92. The van der Waals surface area contributed by atoms with E-state index in [2.05, 4.69) is 4.72 Å². The van der Waals surface area contributed by atoms with Crippen LogP contribution < -0.4 is 9.46 Å². The van der Waals surface area contributed by atoms with Gasteiger partial charge in [-0.3, -0.25) is 9.52 Å². The lowest BCUT2D eigenvalue weighted by atomic mass is 10.1. The van der Waals surface area contributed by atoms with Crippen LogP contribution in [0.3, 0.4) is 0 Å². The van der Waals surface area contributed by atoms with E-state index in [1.54, 1.807) is 29.2 Å². The number of anilines is 1. The number of likely N-dealkylation sites (tertiary alicyclic amines) is 1. The van der Waals surface area contributed by atoms with Crippen LogP contribution >= 0.6 is 11.6 Å². The summed E-state index contributed by atoms with van der Waals surface area (Å²) < 4.78 is 32.8. The number of benzene rings is 2. The van der Waals surface area contributed by atoms with Gasteiger partial charge >= 0.3 is 0 Å². The van der Waals surface area contributed by atoms with Crippen molar-refractivity contribution in [2.24, 2.45) is 0 Å². The zero-order valence-corrected chi connectivity index (χ0v) is 17.2.